The zero-order chi connectivity index (χ0) is 33.7. The lowest BCUT2D eigenvalue weighted by Gasteiger charge is -2.70. The van der Waals surface area contributed by atoms with Crippen LogP contribution in [0.15, 0.2) is 12.1 Å². The molecule has 4 aliphatic rings. The van der Waals surface area contributed by atoms with Crippen molar-refractivity contribution in [3.63, 3.8) is 0 Å². The Kier molecular flexibility index (Phi) is 9.88. The third-order valence-electron chi connectivity index (χ3n) is 12.7. The molecule has 5 rings (SSSR count). The summed E-state index contributed by atoms with van der Waals surface area (Å²) in [5.74, 6) is 1.51. The van der Waals surface area contributed by atoms with Crippen molar-refractivity contribution in [1.29, 1.82) is 0 Å². The Morgan fingerprint density at radius 1 is 1.11 bits per heavy atom. The lowest BCUT2D eigenvalue weighted by Crippen LogP contribution is -2.79. The van der Waals surface area contributed by atoms with Gasteiger partial charge in [-0.2, -0.15) is 0 Å². The van der Waals surface area contributed by atoms with E-state index in [-0.39, 0.29) is 30.6 Å². The Balaban J connectivity index is 1.61. The van der Waals surface area contributed by atoms with Gasteiger partial charge in [-0.05, 0) is 87.8 Å². The molecule has 1 spiro atoms. The van der Waals surface area contributed by atoms with Gasteiger partial charge >= 0.3 is 6.16 Å². The van der Waals surface area contributed by atoms with Crippen LogP contribution in [0.2, 0.25) is 0 Å². The van der Waals surface area contributed by atoms with Crippen molar-refractivity contribution in [3.8, 4) is 11.5 Å². The molecule has 0 radical (unpaired) electrons. The van der Waals surface area contributed by atoms with Crippen molar-refractivity contribution in [3.05, 3.63) is 23.3 Å². The van der Waals surface area contributed by atoms with Crippen LogP contribution in [0.5, 0.6) is 11.5 Å². The largest absolute Gasteiger partial charge is 0.514 e. The van der Waals surface area contributed by atoms with Gasteiger partial charge < -0.3 is 33.5 Å². The molecule has 2 saturated carbocycles. The highest BCUT2D eigenvalue weighted by atomic mass is 16.7. The monoisotopic (exact) mass is 645 g/mol. The maximum absolute atomic E-state index is 13.0. The van der Waals surface area contributed by atoms with E-state index < -0.39 is 34.3 Å². The molecular formula is C37H59NO8. The fourth-order valence-corrected chi connectivity index (χ4v) is 9.45. The maximum Gasteiger partial charge on any atom is 0.514 e. The number of aryl methyl sites for hydroxylation is 1. The van der Waals surface area contributed by atoms with Crippen LogP contribution in [0.25, 0.3) is 0 Å². The Bertz CT molecular complexity index is 1260. The van der Waals surface area contributed by atoms with E-state index in [9.17, 15) is 9.90 Å². The molecule has 1 N–H and O–H groups in total. The minimum Gasteiger partial charge on any atom is -0.479 e. The number of nitrogens with zero attached hydrogens (tertiary/aromatic N) is 1. The molecule has 0 aromatic heterocycles. The minimum absolute atomic E-state index is 0.0714. The van der Waals surface area contributed by atoms with E-state index >= 15 is 0 Å². The van der Waals surface area contributed by atoms with Crippen molar-refractivity contribution >= 4 is 6.16 Å². The highest BCUT2D eigenvalue weighted by Gasteiger charge is 2.78. The van der Waals surface area contributed by atoms with E-state index in [1.54, 1.807) is 14.2 Å². The van der Waals surface area contributed by atoms with Crippen molar-refractivity contribution in [1.82, 2.24) is 4.90 Å². The molecule has 260 valence electrons. The highest BCUT2D eigenvalue weighted by Crippen LogP contribution is 2.73. The summed E-state index contributed by atoms with van der Waals surface area (Å²) in [6.07, 6.45) is 3.74. The van der Waals surface area contributed by atoms with E-state index in [0.717, 1.165) is 43.0 Å². The second kappa shape index (κ2) is 12.8. The van der Waals surface area contributed by atoms with Gasteiger partial charge in [0.15, 0.2) is 11.5 Å². The first-order valence-corrected chi connectivity index (χ1v) is 17.4. The predicted octanol–water partition coefficient (Wildman–Crippen LogP) is 6.29. The van der Waals surface area contributed by atoms with Crippen molar-refractivity contribution in [2.24, 2.45) is 22.7 Å². The average molecular weight is 646 g/mol. The number of ether oxygens (including phenoxy) is 6. The smallest absolute Gasteiger partial charge is 0.479 e. The van der Waals surface area contributed by atoms with Gasteiger partial charge in [0.1, 0.15) is 18.3 Å². The lowest BCUT2D eigenvalue weighted by molar-refractivity contribution is -0.266. The normalized spacial score (nSPS) is 33.8. The number of piperidine rings is 1. The van der Waals surface area contributed by atoms with Gasteiger partial charge in [-0.3, -0.25) is 4.90 Å². The fraction of sp³-hybridized carbons (Fsp3) is 0.811. The Morgan fingerprint density at radius 2 is 1.80 bits per heavy atom. The SMILES string of the molecule is CC[C@]12Oc3c(OC(=O)OCCOCCOC)ccc(C)c3[C@@]13CCN(CC1CC1)[C@H](C)[C@@]3(C)C[C@H]([C@](C)(O)C(C)(C)C)[C@H]2OC. The second-order valence-electron chi connectivity index (χ2n) is 15.8. The van der Waals surface area contributed by atoms with E-state index in [4.69, 9.17) is 28.4 Å². The number of hydrogen-bond acceptors (Lipinski definition) is 9. The van der Waals surface area contributed by atoms with Gasteiger partial charge in [-0.1, -0.05) is 40.7 Å². The zero-order valence-electron chi connectivity index (χ0n) is 30.0. The Morgan fingerprint density at radius 3 is 2.41 bits per heavy atom. The number of benzene rings is 1. The highest BCUT2D eigenvalue weighted by molar-refractivity contribution is 5.69. The third kappa shape index (κ3) is 5.46. The second-order valence-corrected chi connectivity index (χ2v) is 15.8. The number of carbonyl (C=O) groups is 1. The van der Waals surface area contributed by atoms with E-state index in [1.165, 1.54) is 12.8 Å². The molecule has 2 aliphatic heterocycles. The molecule has 3 fully saturated rings. The number of carbonyl (C=O) groups excluding carboxylic acids is 1. The van der Waals surface area contributed by atoms with Gasteiger partial charge in [-0.15, -0.1) is 0 Å². The van der Waals surface area contributed by atoms with Crippen LogP contribution in [0.4, 0.5) is 4.79 Å². The zero-order valence-corrected chi connectivity index (χ0v) is 30.0. The number of rotatable bonds is 12. The Labute approximate surface area is 276 Å². The molecular weight excluding hydrogens is 586 g/mol. The van der Waals surface area contributed by atoms with Crippen LogP contribution in [0, 0.1) is 29.6 Å². The summed E-state index contributed by atoms with van der Waals surface area (Å²) < 4.78 is 35.6. The van der Waals surface area contributed by atoms with Gasteiger partial charge in [-0.25, -0.2) is 4.79 Å². The summed E-state index contributed by atoms with van der Waals surface area (Å²) in [5, 5.41) is 12.5. The molecule has 1 aromatic carbocycles. The molecule has 2 heterocycles. The molecule has 1 aromatic rings. The van der Waals surface area contributed by atoms with Crippen LogP contribution >= 0.6 is 0 Å². The first-order valence-electron chi connectivity index (χ1n) is 17.4. The lowest BCUT2D eigenvalue weighted by atomic mass is 9.39. The molecule has 0 amide bonds. The Hall–Kier alpha value is -1.91. The number of hydrogen-bond donors (Lipinski definition) is 1. The average Bonchev–Trinajstić information content (AvgIpc) is 3.76. The van der Waals surface area contributed by atoms with Crippen LogP contribution in [0.3, 0.4) is 0 Å². The quantitative estimate of drug-likeness (QED) is 0.160. The summed E-state index contributed by atoms with van der Waals surface area (Å²) >= 11 is 0. The summed E-state index contributed by atoms with van der Waals surface area (Å²) in [6, 6.07) is 4.08. The van der Waals surface area contributed by atoms with Crippen LogP contribution in [-0.2, 0) is 24.4 Å². The molecule has 46 heavy (non-hydrogen) atoms. The third-order valence-corrected chi connectivity index (χ3v) is 12.7. The standard InChI is InChI=1S/C37H59NO8/c1-11-37-31(42-10)27(35(8,40)33(4,5)6)22-34(7)25(3)38(23-26-13-14-26)17-16-36(34,37)29-24(2)12-15-28(30(29)46-37)45-32(39)44-21-20-43-19-18-41-9/h12,15,25-27,31,40H,11,13-14,16-23H2,1-10H3/t25-,27+,31-,34-,35+,36-,37-/m1/s1. The molecule has 9 nitrogen and oxygen atoms in total. The van der Waals surface area contributed by atoms with Gasteiger partial charge in [0.2, 0.25) is 0 Å². The first-order chi connectivity index (χ1) is 21.6. The van der Waals surface area contributed by atoms with Crippen LogP contribution in [0.1, 0.15) is 91.7 Å². The molecule has 2 aliphatic carbocycles. The number of fused-ring (bicyclic) bond motifs is 1. The van der Waals surface area contributed by atoms with Crippen molar-refractivity contribution in [2.45, 2.75) is 116 Å². The molecule has 9 heteroatoms. The molecule has 0 unspecified atom stereocenters. The number of likely N-dealkylation sites (tertiary alicyclic amines) is 1. The first kappa shape index (κ1) is 35.4. The van der Waals surface area contributed by atoms with Gasteiger partial charge in [0, 0.05) is 43.7 Å². The molecule has 0 bridgehead atoms. The van der Waals surface area contributed by atoms with Crippen LogP contribution in [-0.4, -0.2) is 93.2 Å². The topological polar surface area (TPSA) is 95.9 Å². The summed E-state index contributed by atoms with van der Waals surface area (Å²) in [4.78, 5) is 15.7. The van der Waals surface area contributed by atoms with Gasteiger partial charge in [0.25, 0.3) is 0 Å². The molecule has 1 saturated heterocycles. The predicted molar refractivity (Wildman–Crippen MR) is 177 cm³/mol. The number of aliphatic hydroxyl groups is 1. The van der Waals surface area contributed by atoms with Gasteiger partial charge in [0.05, 0.1) is 25.4 Å². The molecule has 7 atom stereocenters. The summed E-state index contributed by atoms with van der Waals surface area (Å²) in [7, 11) is 3.37. The van der Waals surface area contributed by atoms with E-state index in [0.29, 0.717) is 31.1 Å². The van der Waals surface area contributed by atoms with Crippen molar-refractivity contribution in [2.75, 3.05) is 53.7 Å². The summed E-state index contributed by atoms with van der Waals surface area (Å²) in [5.41, 5.74) is -0.776. The van der Waals surface area contributed by atoms with E-state index in [2.05, 4.69) is 53.4 Å². The summed E-state index contributed by atoms with van der Waals surface area (Å²) in [6.45, 7) is 20.7. The van der Waals surface area contributed by atoms with Crippen LogP contribution < -0.4 is 9.47 Å². The minimum atomic E-state index is -1.05. The van der Waals surface area contributed by atoms with Crippen molar-refractivity contribution < 1.29 is 38.3 Å². The maximum atomic E-state index is 13.0. The van der Waals surface area contributed by atoms with E-state index in [1.807, 2.05) is 19.1 Å². The fourth-order valence-electron chi connectivity index (χ4n) is 9.45. The number of methoxy groups -OCH3 is 2.